The van der Waals surface area contributed by atoms with Crippen LogP contribution in [0.2, 0.25) is 0 Å². The molecule has 0 aromatic rings. The average molecular weight is 226 g/mol. The van der Waals surface area contributed by atoms with Crippen LogP contribution in [0.4, 0.5) is 0 Å². The summed E-state index contributed by atoms with van der Waals surface area (Å²) in [6.45, 7) is 7.61. The molecule has 2 atom stereocenters. The van der Waals surface area contributed by atoms with E-state index < -0.39 is 0 Å². The summed E-state index contributed by atoms with van der Waals surface area (Å²) in [5.74, 6) is 0. The van der Waals surface area contributed by atoms with E-state index >= 15 is 0 Å². The Morgan fingerprint density at radius 1 is 1.44 bits per heavy atom. The summed E-state index contributed by atoms with van der Waals surface area (Å²) >= 11 is 0. The molecule has 0 aromatic carbocycles. The van der Waals surface area contributed by atoms with Gasteiger partial charge in [0.1, 0.15) is 0 Å². The maximum Gasteiger partial charge on any atom is 0.0654 e. The van der Waals surface area contributed by atoms with E-state index in [1.54, 1.807) is 0 Å². The smallest absolute Gasteiger partial charge is 0.0654 e. The first-order chi connectivity index (χ1) is 7.68. The Morgan fingerprint density at radius 2 is 2.25 bits per heavy atom. The van der Waals surface area contributed by atoms with Crippen LogP contribution in [0, 0.1) is 0 Å². The van der Waals surface area contributed by atoms with Crippen LogP contribution in [-0.4, -0.2) is 49.3 Å². The lowest BCUT2D eigenvalue weighted by molar-refractivity contribution is -0.00476. The van der Waals surface area contributed by atoms with E-state index in [1.165, 1.54) is 32.2 Å². The first-order valence-corrected chi connectivity index (χ1v) is 6.71. The predicted octanol–water partition coefficient (Wildman–Crippen LogP) is 1.63. The second-order valence-electron chi connectivity index (χ2n) is 5.63. The summed E-state index contributed by atoms with van der Waals surface area (Å²) < 4.78 is 5.89. The molecule has 1 N–H and O–H groups in total. The molecule has 2 aliphatic heterocycles. The molecule has 16 heavy (non-hydrogen) atoms. The number of nitrogens with one attached hydrogen (secondary N) is 1. The average Bonchev–Trinajstić information content (AvgIpc) is 2.77. The standard InChI is InChI=1S/C13H26N2O/c1-11(2)16-10-13-6-4-8-15(13)12(5-7-13)9-14-3/h11-12,14H,4-10H2,1-3H3. The van der Waals surface area contributed by atoms with E-state index in [1.807, 2.05) is 0 Å². The first-order valence-electron chi connectivity index (χ1n) is 6.71. The molecule has 0 radical (unpaired) electrons. The number of ether oxygens (including phenoxy) is 1. The molecule has 94 valence electrons. The van der Waals surface area contributed by atoms with Crippen molar-refractivity contribution in [2.24, 2.45) is 0 Å². The maximum atomic E-state index is 5.89. The molecule has 0 aliphatic carbocycles. The van der Waals surface area contributed by atoms with E-state index in [0.29, 0.717) is 11.6 Å². The molecule has 2 saturated heterocycles. The minimum atomic E-state index is 0.361. The Kier molecular flexibility index (Phi) is 3.88. The normalized spacial score (nSPS) is 34.9. The number of rotatable bonds is 5. The third-order valence-electron chi connectivity index (χ3n) is 4.16. The molecule has 2 rings (SSSR count). The quantitative estimate of drug-likeness (QED) is 0.771. The van der Waals surface area contributed by atoms with Gasteiger partial charge in [-0.1, -0.05) is 0 Å². The van der Waals surface area contributed by atoms with Gasteiger partial charge in [-0.3, -0.25) is 4.90 Å². The summed E-state index contributed by atoms with van der Waals surface area (Å²) in [7, 11) is 2.06. The summed E-state index contributed by atoms with van der Waals surface area (Å²) in [4.78, 5) is 2.71. The third kappa shape index (κ3) is 2.27. The van der Waals surface area contributed by atoms with Gasteiger partial charge in [0.05, 0.1) is 12.7 Å². The van der Waals surface area contributed by atoms with Crippen LogP contribution >= 0.6 is 0 Å². The summed E-state index contributed by atoms with van der Waals surface area (Å²) in [6, 6.07) is 0.739. The van der Waals surface area contributed by atoms with Gasteiger partial charge in [-0.2, -0.15) is 0 Å². The molecule has 0 spiro atoms. The van der Waals surface area contributed by atoms with Crippen LogP contribution in [-0.2, 0) is 4.74 Å². The fraction of sp³-hybridized carbons (Fsp3) is 1.00. The Balaban J connectivity index is 1.97. The van der Waals surface area contributed by atoms with Crippen molar-refractivity contribution in [2.45, 2.75) is 57.2 Å². The second-order valence-corrected chi connectivity index (χ2v) is 5.63. The van der Waals surface area contributed by atoms with Gasteiger partial charge in [0, 0.05) is 18.1 Å². The molecule has 2 fully saturated rings. The minimum Gasteiger partial charge on any atom is -0.377 e. The van der Waals surface area contributed by atoms with Gasteiger partial charge in [0.2, 0.25) is 0 Å². The highest BCUT2D eigenvalue weighted by atomic mass is 16.5. The van der Waals surface area contributed by atoms with Crippen LogP contribution in [0.3, 0.4) is 0 Å². The van der Waals surface area contributed by atoms with E-state index in [-0.39, 0.29) is 0 Å². The van der Waals surface area contributed by atoms with Gasteiger partial charge >= 0.3 is 0 Å². The molecule has 2 aliphatic rings. The number of hydrogen-bond acceptors (Lipinski definition) is 3. The van der Waals surface area contributed by atoms with Crippen molar-refractivity contribution in [3.05, 3.63) is 0 Å². The van der Waals surface area contributed by atoms with Crippen molar-refractivity contribution in [2.75, 3.05) is 26.7 Å². The maximum absolute atomic E-state index is 5.89. The highest BCUT2D eigenvalue weighted by Gasteiger charge is 2.48. The van der Waals surface area contributed by atoms with Crippen LogP contribution in [0.5, 0.6) is 0 Å². The van der Waals surface area contributed by atoms with Gasteiger partial charge < -0.3 is 10.1 Å². The summed E-state index contributed by atoms with van der Waals surface area (Å²) in [5.41, 5.74) is 0.381. The van der Waals surface area contributed by atoms with E-state index in [9.17, 15) is 0 Å². The highest BCUT2D eigenvalue weighted by Crippen LogP contribution is 2.42. The van der Waals surface area contributed by atoms with Crippen molar-refractivity contribution in [1.82, 2.24) is 10.2 Å². The zero-order valence-electron chi connectivity index (χ0n) is 11.0. The monoisotopic (exact) mass is 226 g/mol. The van der Waals surface area contributed by atoms with Crippen molar-refractivity contribution in [3.63, 3.8) is 0 Å². The molecule has 0 amide bonds. The van der Waals surface area contributed by atoms with Gasteiger partial charge in [0.15, 0.2) is 0 Å². The van der Waals surface area contributed by atoms with Gasteiger partial charge in [-0.05, 0) is 53.1 Å². The SMILES string of the molecule is CNCC1CCC2(COC(C)C)CCCN12. The molecule has 0 saturated carbocycles. The number of likely N-dealkylation sites (N-methyl/N-ethyl adjacent to an activating group) is 1. The Morgan fingerprint density at radius 3 is 2.94 bits per heavy atom. The number of fused-ring (bicyclic) bond motifs is 1. The Hall–Kier alpha value is -0.120. The van der Waals surface area contributed by atoms with Crippen LogP contribution < -0.4 is 5.32 Å². The molecule has 2 heterocycles. The van der Waals surface area contributed by atoms with Gasteiger partial charge in [0.25, 0.3) is 0 Å². The second kappa shape index (κ2) is 5.03. The summed E-state index contributed by atoms with van der Waals surface area (Å²) in [6.07, 6.45) is 5.70. The van der Waals surface area contributed by atoms with E-state index in [4.69, 9.17) is 4.74 Å². The van der Waals surface area contributed by atoms with Crippen LogP contribution in [0.15, 0.2) is 0 Å². The van der Waals surface area contributed by atoms with E-state index in [0.717, 1.165) is 19.2 Å². The fourth-order valence-corrected chi connectivity index (χ4v) is 3.39. The fourth-order valence-electron chi connectivity index (χ4n) is 3.39. The Labute approximate surface area is 99.5 Å². The Bertz CT molecular complexity index is 232. The van der Waals surface area contributed by atoms with Crippen LogP contribution in [0.25, 0.3) is 0 Å². The lowest BCUT2D eigenvalue weighted by Crippen LogP contribution is -2.48. The van der Waals surface area contributed by atoms with Crippen molar-refractivity contribution >= 4 is 0 Å². The third-order valence-corrected chi connectivity index (χ3v) is 4.16. The lowest BCUT2D eigenvalue weighted by atomic mass is 9.95. The molecule has 0 aromatic heterocycles. The number of nitrogens with zero attached hydrogens (tertiary/aromatic N) is 1. The van der Waals surface area contributed by atoms with Gasteiger partial charge in [-0.25, -0.2) is 0 Å². The molecule has 3 nitrogen and oxygen atoms in total. The molecule has 2 unspecified atom stereocenters. The first kappa shape index (κ1) is 12.3. The predicted molar refractivity (Wildman–Crippen MR) is 66.7 cm³/mol. The summed E-state index contributed by atoms with van der Waals surface area (Å²) in [5, 5.41) is 3.32. The van der Waals surface area contributed by atoms with Crippen molar-refractivity contribution < 1.29 is 4.74 Å². The highest BCUT2D eigenvalue weighted by molar-refractivity contribution is 5.04. The molecular formula is C13H26N2O. The number of hydrogen-bond donors (Lipinski definition) is 1. The zero-order chi connectivity index (χ0) is 11.6. The topological polar surface area (TPSA) is 24.5 Å². The van der Waals surface area contributed by atoms with E-state index in [2.05, 4.69) is 31.1 Å². The molecule has 3 heteroatoms. The van der Waals surface area contributed by atoms with Crippen molar-refractivity contribution in [1.29, 1.82) is 0 Å². The lowest BCUT2D eigenvalue weighted by Gasteiger charge is -2.35. The van der Waals surface area contributed by atoms with Crippen molar-refractivity contribution in [3.8, 4) is 0 Å². The molecule has 0 bridgehead atoms. The largest absolute Gasteiger partial charge is 0.377 e. The molecular weight excluding hydrogens is 200 g/mol. The van der Waals surface area contributed by atoms with Gasteiger partial charge in [-0.15, -0.1) is 0 Å². The van der Waals surface area contributed by atoms with Crippen LogP contribution in [0.1, 0.15) is 39.5 Å². The zero-order valence-corrected chi connectivity index (χ0v) is 11.0. The minimum absolute atomic E-state index is 0.361.